The molecule has 0 heterocycles. The highest BCUT2D eigenvalue weighted by Crippen LogP contribution is 2.17. The third kappa shape index (κ3) is 5.07. The lowest BCUT2D eigenvalue weighted by Crippen LogP contribution is -2.23. The molecule has 1 unspecified atom stereocenters. The first-order valence-electron chi connectivity index (χ1n) is 5.37. The van der Waals surface area contributed by atoms with Crippen LogP contribution in [0.2, 0.25) is 0 Å². The molecule has 0 aliphatic heterocycles. The number of methoxy groups -OCH3 is 1. The van der Waals surface area contributed by atoms with Crippen LogP contribution in [0.25, 0.3) is 0 Å². The SMILES string of the molecule is COCCCNCC(O)c1cccc(Br)c1. The van der Waals surface area contributed by atoms with Gasteiger partial charge in [0.2, 0.25) is 0 Å². The zero-order valence-electron chi connectivity index (χ0n) is 9.45. The Kier molecular flexibility index (Phi) is 6.64. The van der Waals surface area contributed by atoms with Gasteiger partial charge in [-0.2, -0.15) is 0 Å². The van der Waals surface area contributed by atoms with Crippen LogP contribution in [-0.2, 0) is 4.74 Å². The zero-order valence-corrected chi connectivity index (χ0v) is 11.0. The lowest BCUT2D eigenvalue weighted by atomic mass is 10.1. The molecule has 0 amide bonds. The van der Waals surface area contributed by atoms with Crippen LogP contribution in [0.3, 0.4) is 0 Å². The van der Waals surface area contributed by atoms with Crippen molar-refractivity contribution in [1.82, 2.24) is 5.32 Å². The van der Waals surface area contributed by atoms with Gasteiger partial charge in [-0.15, -0.1) is 0 Å². The molecule has 0 fully saturated rings. The van der Waals surface area contributed by atoms with Crippen molar-refractivity contribution in [2.45, 2.75) is 12.5 Å². The Labute approximate surface area is 105 Å². The number of nitrogens with one attached hydrogen (secondary N) is 1. The van der Waals surface area contributed by atoms with Crippen LogP contribution >= 0.6 is 15.9 Å². The lowest BCUT2D eigenvalue weighted by Gasteiger charge is -2.12. The molecule has 90 valence electrons. The zero-order chi connectivity index (χ0) is 11.8. The van der Waals surface area contributed by atoms with Gasteiger partial charge in [0.05, 0.1) is 6.10 Å². The fraction of sp³-hybridized carbons (Fsp3) is 0.500. The summed E-state index contributed by atoms with van der Waals surface area (Å²) >= 11 is 3.38. The van der Waals surface area contributed by atoms with Gasteiger partial charge in [0, 0.05) is 24.7 Å². The van der Waals surface area contributed by atoms with Crippen molar-refractivity contribution in [2.24, 2.45) is 0 Å². The average Bonchev–Trinajstić information content (AvgIpc) is 2.28. The highest BCUT2D eigenvalue weighted by atomic mass is 79.9. The number of aliphatic hydroxyl groups excluding tert-OH is 1. The van der Waals surface area contributed by atoms with E-state index in [9.17, 15) is 5.11 Å². The first-order valence-corrected chi connectivity index (χ1v) is 6.16. The van der Waals surface area contributed by atoms with E-state index in [0.29, 0.717) is 6.54 Å². The maximum absolute atomic E-state index is 9.89. The van der Waals surface area contributed by atoms with Gasteiger partial charge < -0.3 is 15.2 Å². The third-order valence-corrected chi connectivity index (χ3v) is 2.77. The number of aliphatic hydroxyl groups is 1. The predicted molar refractivity (Wildman–Crippen MR) is 68.5 cm³/mol. The Morgan fingerprint density at radius 3 is 3.00 bits per heavy atom. The Morgan fingerprint density at radius 2 is 2.31 bits per heavy atom. The molecule has 4 heteroatoms. The predicted octanol–water partition coefficient (Wildman–Crippen LogP) is 2.11. The molecule has 0 aliphatic carbocycles. The quantitative estimate of drug-likeness (QED) is 0.755. The Bertz CT molecular complexity index is 307. The molecular formula is C12H18BrNO2. The minimum absolute atomic E-state index is 0.458. The van der Waals surface area contributed by atoms with Crippen molar-refractivity contribution in [3.8, 4) is 0 Å². The van der Waals surface area contributed by atoms with Crippen molar-refractivity contribution in [3.05, 3.63) is 34.3 Å². The van der Waals surface area contributed by atoms with E-state index in [1.165, 1.54) is 0 Å². The van der Waals surface area contributed by atoms with Crippen molar-refractivity contribution in [3.63, 3.8) is 0 Å². The summed E-state index contributed by atoms with van der Waals surface area (Å²) < 4.78 is 5.93. The van der Waals surface area contributed by atoms with Gasteiger partial charge in [-0.1, -0.05) is 28.1 Å². The van der Waals surface area contributed by atoms with Gasteiger partial charge in [-0.25, -0.2) is 0 Å². The molecule has 0 spiro atoms. The molecule has 0 saturated heterocycles. The van der Waals surface area contributed by atoms with Gasteiger partial charge in [0.1, 0.15) is 0 Å². The largest absolute Gasteiger partial charge is 0.387 e. The molecule has 3 nitrogen and oxygen atoms in total. The van der Waals surface area contributed by atoms with Crippen molar-refractivity contribution < 1.29 is 9.84 Å². The van der Waals surface area contributed by atoms with Crippen LogP contribution in [0.5, 0.6) is 0 Å². The monoisotopic (exact) mass is 287 g/mol. The molecule has 1 aromatic rings. The molecular weight excluding hydrogens is 270 g/mol. The van der Waals surface area contributed by atoms with Crippen molar-refractivity contribution in [1.29, 1.82) is 0 Å². The number of halogens is 1. The second-order valence-electron chi connectivity index (χ2n) is 3.62. The summed E-state index contributed by atoms with van der Waals surface area (Å²) in [7, 11) is 1.69. The van der Waals surface area contributed by atoms with E-state index >= 15 is 0 Å². The Hall–Kier alpha value is -0.420. The van der Waals surface area contributed by atoms with Gasteiger partial charge in [-0.05, 0) is 30.7 Å². The standard InChI is InChI=1S/C12H18BrNO2/c1-16-7-3-6-14-9-12(15)10-4-2-5-11(13)8-10/h2,4-5,8,12,14-15H,3,6-7,9H2,1H3. The Balaban J connectivity index is 2.27. The van der Waals surface area contributed by atoms with Crippen molar-refractivity contribution >= 4 is 15.9 Å². The van der Waals surface area contributed by atoms with Gasteiger partial charge >= 0.3 is 0 Å². The molecule has 0 radical (unpaired) electrons. The summed E-state index contributed by atoms with van der Waals surface area (Å²) in [6.45, 7) is 2.18. The summed E-state index contributed by atoms with van der Waals surface area (Å²) in [5.41, 5.74) is 0.925. The van der Waals surface area contributed by atoms with Crippen LogP contribution in [-0.4, -0.2) is 31.9 Å². The normalized spacial score (nSPS) is 12.7. The third-order valence-electron chi connectivity index (χ3n) is 2.27. The second kappa shape index (κ2) is 7.79. The molecule has 1 atom stereocenters. The molecule has 2 N–H and O–H groups in total. The molecule has 0 aliphatic rings. The molecule has 1 aromatic carbocycles. The highest BCUT2D eigenvalue weighted by molar-refractivity contribution is 9.10. The van der Waals surface area contributed by atoms with E-state index in [-0.39, 0.29) is 0 Å². The first-order chi connectivity index (χ1) is 7.74. The fourth-order valence-corrected chi connectivity index (χ4v) is 1.83. The van der Waals surface area contributed by atoms with Gasteiger partial charge in [-0.3, -0.25) is 0 Å². The van der Waals surface area contributed by atoms with Gasteiger partial charge in [0.15, 0.2) is 0 Å². The van der Waals surface area contributed by atoms with Gasteiger partial charge in [0.25, 0.3) is 0 Å². The minimum Gasteiger partial charge on any atom is -0.387 e. The summed E-state index contributed by atoms with van der Waals surface area (Å²) in [6.07, 6.45) is 0.502. The van der Waals surface area contributed by atoms with Crippen LogP contribution in [0.4, 0.5) is 0 Å². The molecule has 0 aromatic heterocycles. The lowest BCUT2D eigenvalue weighted by molar-refractivity contribution is 0.168. The van der Waals surface area contributed by atoms with Crippen LogP contribution in [0.1, 0.15) is 18.1 Å². The smallest absolute Gasteiger partial charge is 0.0914 e. The van der Waals surface area contributed by atoms with Crippen molar-refractivity contribution in [2.75, 3.05) is 26.8 Å². The van der Waals surface area contributed by atoms with E-state index in [1.54, 1.807) is 7.11 Å². The maximum Gasteiger partial charge on any atom is 0.0914 e. The number of hydrogen-bond acceptors (Lipinski definition) is 3. The minimum atomic E-state index is -0.458. The number of ether oxygens (including phenoxy) is 1. The van der Waals surface area contributed by atoms with Crippen LogP contribution in [0.15, 0.2) is 28.7 Å². The summed E-state index contributed by atoms with van der Waals surface area (Å²) in [6, 6.07) is 7.73. The van der Waals surface area contributed by atoms with E-state index < -0.39 is 6.10 Å². The molecule has 0 saturated carbocycles. The van der Waals surface area contributed by atoms with Crippen LogP contribution < -0.4 is 5.32 Å². The number of hydrogen-bond donors (Lipinski definition) is 2. The summed E-state index contributed by atoms with van der Waals surface area (Å²) in [5.74, 6) is 0. The Morgan fingerprint density at radius 1 is 1.50 bits per heavy atom. The summed E-state index contributed by atoms with van der Waals surface area (Å²) in [4.78, 5) is 0. The summed E-state index contributed by atoms with van der Waals surface area (Å²) in [5, 5.41) is 13.1. The van der Waals surface area contributed by atoms with Crippen LogP contribution in [0, 0.1) is 0 Å². The maximum atomic E-state index is 9.89. The van der Waals surface area contributed by atoms with E-state index in [2.05, 4.69) is 21.2 Å². The van der Waals surface area contributed by atoms with E-state index in [4.69, 9.17) is 4.74 Å². The number of benzene rings is 1. The highest BCUT2D eigenvalue weighted by Gasteiger charge is 2.06. The van der Waals surface area contributed by atoms with E-state index in [0.717, 1.165) is 29.6 Å². The number of rotatable bonds is 7. The van der Waals surface area contributed by atoms with E-state index in [1.807, 2.05) is 24.3 Å². The topological polar surface area (TPSA) is 41.5 Å². The molecule has 0 bridgehead atoms. The molecule has 1 rings (SSSR count). The molecule has 16 heavy (non-hydrogen) atoms. The first kappa shape index (κ1) is 13.6. The second-order valence-corrected chi connectivity index (χ2v) is 4.54. The fourth-order valence-electron chi connectivity index (χ4n) is 1.41. The average molecular weight is 288 g/mol.